The van der Waals surface area contributed by atoms with Crippen molar-refractivity contribution in [3.63, 3.8) is 0 Å². The van der Waals surface area contributed by atoms with E-state index in [0.717, 1.165) is 24.2 Å². The minimum Gasteiger partial charge on any atom is -0.507 e. The number of benzene rings is 2. The van der Waals surface area contributed by atoms with Gasteiger partial charge in [0.2, 0.25) is 5.78 Å². The number of allylic oxidation sites excluding steroid dienone is 3. The lowest BCUT2D eigenvalue weighted by Crippen LogP contribution is -3.08. The Bertz CT molecular complexity index is 878. The Morgan fingerprint density at radius 2 is 1.85 bits per heavy atom. The average Bonchev–Trinajstić information content (AvgIpc) is 3.27. The number of likely N-dealkylation sites (tertiary alicyclic amines) is 1. The number of quaternary nitrogens is 1. The standard InChI is InChI=1S/C22H21NO3/c24-19-12-11-17-21(25)20(10-6-9-16-7-2-1-3-8-16)26-22(17)18(19)15-23-13-4-5-14-23/h1-3,6-12,24H,4-5,13-15H2/p+1/b9-6+,20-10+. The molecule has 0 amide bonds. The Morgan fingerprint density at radius 1 is 1.08 bits per heavy atom. The van der Waals surface area contributed by atoms with Gasteiger partial charge in [-0.1, -0.05) is 42.5 Å². The van der Waals surface area contributed by atoms with E-state index in [9.17, 15) is 9.90 Å². The van der Waals surface area contributed by atoms with E-state index < -0.39 is 0 Å². The first-order chi connectivity index (χ1) is 12.7. The first-order valence-corrected chi connectivity index (χ1v) is 9.07. The lowest BCUT2D eigenvalue weighted by Gasteiger charge is -2.15. The van der Waals surface area contributed by atoms with Crippen LogP contribution in [0.1, 0.15) is 34.3 Å². The van der Waals surface area contributed by atoms with Crippen LogP contribution in [0.15, 0.2) is 60.4 Å². The SMILES string of the molecule is O=C1/C(=C\C=C\c2ccccc2)Oc2c1ccc(O)c2C[NH+]1CCCC1. The second-order valence-electron chi connectivity index (χ2n) is 6.81. The maximum atomic E-state index is 12.6. The molecule has 0 radical (unpaired) electrons. The van der Waals surface area contributed by atoms with Crippen molar-refractivity contribution in [1.29, 1.82) is 0 Å². The van der Waals surface area contributed by atoms with Crippen molar-refractivity contribution in [2.24, 2.45) is 0 Å². The predicted molar refractivity (Wildman–Crippen MR) is 100 cm³/mol. The molecule has 1 fully saturated rings. The third kappa shape index (κ3) is 3.28. The van der Waals surface area contributed by atoms with Crippen molar-refractivity contribution in [3.8, 4) is 11.5 Å². The zero-order valence-corrected chi connectivity index (χ0v) is 14.6. The summed E-state index contributed by atoms with van der Waals surface area (Å²) >= 11 is 0. The Kier molecular flexibility index (Phi) is 4.59. The molecule has 0 unspecified atom stereocenters. The van der Waals surface area contributed by atoms with E-state index in [0.29, 0.717) is 23.6 Å². The van der Waals surface area contributed by atoms with E-state index in [2.05, 4.69) is 0 Å². The van der Waals surface area contributed by atoms with Crippen LogP contribution in [0.25, 0.3) is 6.08 Å². The number of Topliss-reactive ketones (excluding diaryl/α,β-unsaturated/α-hetero) is 1. The highest BCUT2D eigenvalue weighted by Crippen LogP contribution is 2.38. The third-order valence-electron chi connectivity index (χ3n) is 4.99. The molecular formula is C22H22NO3+. The van der Waals surface area contributed by atoms with Crippen molar-refractivity contribution in [2.45, 2.75) is 19.4 Å². The number of aromatic hydroxyl groups is 1. The van der Waals surface area contributed by atoms with Gasteiger partial charge in [-0.15, -0.1) is 0 Å². The van der Waals surface area contributed by atoms with Gasteiger partial charge in [-0.25, -0.2) is 0 Å². The summed E-state index contributed by atoms with van der Waals surface area (Å²) < 4.78 is 5.87. The molecule has 2 aromatic carbocycles. The summed E-state index contributed by atoms with van der Waals surface area (Å²) in [5, 5.41) is 10.3. The summed E-state index contributed by atoms with van der Waals surface area (Å²) in [4.78, 5) is 14.0. The molecule has 132 valence electrons. The molecule has 0 aliphatic carbocycles. The van der Waals surface area contributed by atoms with Crippen molar-refractivity contribution in [1.82, 2.24) is 0 Å². The summed E-state index contributed by atoms with van der Waals surface area (Å²) in [6.07, 6.45) is 7.86. The van der Waals surface area contributed by atoms with E-state index in [1.165, 1.54) is 17.7 Å². The van der Waals surface area contributed by atoms with Crippen molar-refractivity contribution < 1.29 is 19.5 Å². The molecule has 4 heteroatoms. The van der Waals surface area contributed by atoms with Gasteiger partial charge in [0.15, 0.2) is 11.5 Å². The van der Waals surface area contributed by atoms with Crippen molar-refractivity contribution in [2.75, 3.05) is 13.1 Å². The number of carbonyl (C=O) groups is 1. The lowest BCUT2D eigenvalue weighted by atomic mass is 10.0. The lowest BCUT2D eigenvalue weighted by molar-refractivity contribution is -0.901. The highest BCUT2D eigenvalue weighted by molar-refractivity contribution is 6.12. The Labute approximate surface area is 153 Å². The fraction of sp³-hybridized carbons (Fsp3) is 0.227. The molecule has 4 rings (SSSR count). The number of rotatable bonds is 4. The molecular weight excluding hydrogens is 326 g/mol. The molecule has 0 aromatic heterocycles. The van der Waals surface area contributed by atoms with Gasteiger partial charge in [-0.2, -0.15) is 0 Å². The van der Waals surface area contributed by atoms with Crippen LogP contribution in [-0.2, 0) is 6.54 Å². The minimum atomic E-state index is -0.129. The number of phenols is 1. The van der Waals surface area contributed by atoms with Crippen LogP contribution in [0.4, 0.5) is 0 Å². The molecule has 0 spiro atoms. The maximum absolute atomic E-state index is 12.6. The largest absolute Gasteiger partial charge is 0.507 e. The van der Waals surface area contributed by atoms with Gasteiger partial charge in [0.25, 0.3) is 0 Å². The summed E-state index contributed by atoms with van der Waals surface area (Å²) in [6.45, 7) is 2.88. The van der Waals surface area contributed by atoms with E-state index in [1.807, 2.05) is 42.5 Å². The number of fused-ring (bicyclic) bond motifs is 1. The number of nitrogens with one attached hydrogen (secondary N) is 1. The topological polar surface area (TPSA) is 51.0 Å². The number of ether oxygens (including phenoxy) is 1. The number of ketones is 1. The molecule has 4 nitrogen and oxygen atoms in total. The molecule has 26 heavy (non-hydrogen) atoms. The Hall–Kier alpha value is -2.85. The van der Waals surface area contributed by atoms with Gasteiger partial charge in [-0.05, 0) is 23.8 Å². The third-order valence-corrected chi connectivity index (χ3v) is 4.99. The number of phenolic OH excluding ortho intramolecular Hbond substituents is 1. The van der Waals surface area contributed by atoms with Crippen molar-refractivity contribution in [3.05, 3.63) is 77.1 Å². The van der Waals surface area contributed by atoms with Crippen LogP contribution >= 0.6 is 0 Å². The highest BCUT2D eigenvalue weighted by atomic mass is 16.5. The second kappa shape index (κ2) is 7.18. The molecule has 2 aromatic rings. The zero-order chi connectivity index (χ0) is 17.9. The van der Waals surface area contributed by atoms with E-state index in [1.54, 1.807) is 18.2 Å². The molecule has 2 N–H and O–H groups in total. The van der Waals surface area contributed by atoms with Crippen LogP contribution in [-0.4, -0.2) is 24.0 Å². The van der Waals surface area contributed by atoms with Crippen LogP contribution in [0.3, 0.4) is 0 Å². The van der Waals surface area contributed by atoms with Gasteiger partial charge in [0.05, 0.1) is 24.2 Å². The number of hydrogen-bond acceptors (Lipinski definition) is 3. The smallest absolute Gasteiger partial charge is 0.231 e. The van der Waals surface area contributed by atoms with E-state index in [-0.39, 0.29) is 11.5 Å². The predicted octanol–water partition coefficient (Wildman–Crippen LogP) is 2.74. The molecule has 2 aliphatic rings. The summed E-state index contributed by atoms with van der Waals surface area (Å²) in [5.74, 6) is 0.900. The van der Waals surface area contributed by atoms with Crippen molar-refractivity contribution >= 4 is 11.9 Å². The Balaban J connectivity index is 1.58. The van der Waals surface area contributed by atoms with E-state index in [4.69, 9.17) is 4.74 Å². The first kappa shape index (κ1) is 16.6. The Morgan fingerprint density at radius 3 is 2.62 bits per heavy atom. The molecule has 2 heterocycles. The molecule has 0 atom stereocenters. The van der Waals surface area contributed by atoms with Gasteiger partial charge in [-0.3, -0.25) is 4.79 Å². The number of carbonyl (C=O) groups excluding carboxylic acids is 1. The summed E-state index contributed by atoms with van der Waals surface area (Å²) in [7, 11) is 0. The van der Waals surface area contributed by atoms with Crippen LogP contribution in [0.5, 0.6) is 11.5 Å². The van der Waals surface area contributed by atoms with Gasteiger partial charge < -0.3 is 14.7 Å². The average molecular weight is 348 g/mol. The normalized spacial score (nSPS) is 18.6. The zero-order valence-electron chi connectivity index (χ0n) is 14.6. The first-order valence-electron chi connectivity index (χ1n) is 9.07. The summed E-state index contributed by atoms with van der Waals surface area (Å²) in [6, 6.07) is 13.1. The molecule has 0 bridgehead atoms. The highest BCUT2D eigenvalue weighted by Gasteiger charge is 2.32. The molecule has 2 aliphatic heterocycles. The van der Waals surface area contributed by atoms with Crippen LogP contribution in [0.2, 0.25) is 0 Å². The molecule has 0 saturated carbocycles. The quantitative estimate of drug-likeness (QED) is 0.836. The van der Waals surface area contributed by atoms with Gasteiger partial charge in [0, 0.05) is 12.8 Å². The molecule has 1 saturated heterocycles. The maximum Gasteiger partial charge on any atom is 0.231 e. The van der Waals surface area contributed by atoms with Gasteiger partial charge >= 0.3 is 0 Å². The summed E-state index contributed by atoms with van der Waals surface area (Å²) in [5.41, 5.74) is 2.34. The fourth-order valence-electron chi connectivity index (χ4n) is 3.59. The van der Waals surface area contributed by atoms with E-state index >= 15 is 0 Å². The monoisotopic (exact) mass is 348 g/mol. The fourth-order valence-corrected chi connectivity index (χ4v) is 3.59. The van der Waals surface area contributed by atoms with Gasteiger partial charge in [0.1, 0.15) is 12.3 Å². The second-order valence-corrected chi connectivity index (χ2v) is 6.81. The van der Waals surface area contributed by atoms with Crippen LogP contribution in [0, 0.1) is 0 Å². The number of hydrogen-bond donors (Lipinski definition) is 2. The van der Waals surface area contributed by atoms with Crippen LogP contribution < -0.4 is 9.64 Å². The minimum absolute atomic E-state index is 0.129.